The van der Waals surface area contributed by atoms with Crippen molar-refractivity contribution >= 4 is 34.1 Å². The molecule has 5 nitrogen and oxygen atoms in total. The molecule has 31 heavy (non-hydrogen) atoms. The Morgan fingerprint density at radius 2 is 1.42 bits per heavy atom. The van der Waals surface area contributed by atoms with E-state index in [2.05, 4.69) is 9.88 Å². The number of aromatic nitrogens is 1. The molecule has 0 aliphatic carbocycles. The maximum atomic E-state index is 11.9. The third kappa shape index (κ3) is 5.45. The fourth-order valence-corrected chi connectivity index (χ4v) is 4.91. The zero-order chi connectivity index (χ0) is 21.8. The number of benzene rings is 2. The summed E-state index contributed by atoms with van der Waals surface area (Å²) in [6.45, 7) is 1.79. The molecule has 8 heteroatoms. The summed E-state index contributed by atoms with van der Waals surface area (Å²) < 4.78 is 25.5. The molecule has 1 saturated heterocycles. The summed E-state index contributed by atoms with van der Waals surface area (Å²) in [5, 5.41) is 1.37. The number of pyridine rings is 1. The van der Waals surface area contributed by atoms with E-state index in [0.29, 0.717) is 36.1 Å². The molecule has 0 amide bonds. The molecule has 1 fully saturated rings. The summed E-state index contributed by atoms with van der Waals surface area (Å²) in [4.78, 5) is 6.30. The van der Waals surface area contributed by atoms with Crippen LogP contribution in [0.2, 0.25) is 10.0 Å². The van der Waals surface area contributed by atoms with E-state index in [1.807, 2.05) is 60.7 Å². The zero-order valence-electron chi connectivity index (χ0n) is 16.8. The molecular weight excluding hydrogens is 453 g/mol. The van der Waals surface area contributed by atoms with E-state index < -0.39 is 10.9 Å². The quantitative estimate of drug-likeness (QED) is 0.495. The maximum absolute atomic E-state index is 11.9. The molecule has 2 heterocycles. The third-order valence-corrected chi connectivity index (χ3v) is 7.09. The summed E-state index contributed by atoms with van der Waals surface area (Å²) in [6.07, 6.45) is 4.12. The molecular formula is C23H23Cl2N3O2S. The van der Waals surface area contributed by atoms with Gasteiger partial charge >= 0.3 is 0 Å². The van der Waals surface area contributed by atoms with Crippen LogP contribution in [0.5, 0.6) is 0 Å². The average Bonchev–Trinajstić information content (AvgIpc) is 2.74. The van der Waals surface area contributed by atoms with E-state index in [0.717, 1.165) is 16.7 Å². The van der Waals surface area contributed by atoms with Crippen LogP contribution >= 0.6 is 23.2 Å². The van der Waals surface area contributed by atoms with Gasteiger partial charge in [0.2, 0.25) is 10.9 Å². The largest absolute Gasteiger partial charge is 0.289 e. The molecule has 162 valence electrons. The number of thiol groups is 1. The second-order valence-electron chi connectivity index (χ2n) is 7.62. The Labute approximate surface area is 194 Å². The Morgan fingerprint density at radius 3 is 1.90 bits per heavy atom. The minimum absolute atomic E-state index is 0.0114. The van der Waals surface area contributed by atoms with Crippen molar-refractivity contribution in [1.29, 1.82) is 0 Å². The number of hydrogen-bond acceptors (Lipinski definition) is 4. The minimum atomic E-state index is -2.65. The Balaban J connectivity index is 1.49. The number of halogens is 2. The first kappa shape index (κ1) is 22.2. The van der Waals surface area contributed by atoms with Crippen LogP contribution < -0.4 is 0 Å². The predicted molar refractivity (Wildman–Crippen MR) is 125 cm³/mol. The first-order valence-electron chi connectivity index (χ1n) is 10.1. The lowest BCUT2D eigenvalue weighted by Crippen LogP contribution is -2.60. The van der Waals surface area contributed by atoms with E-state index in [1.54, 1.807) is 16.7 Å². The molecule has 1 aliphatic rings. The highest BCUT2D eigenvalue weighted by atomic mass is 35.5. The Morgan fingerprint density at radius 1 is 0.903 bits per heavy atom. The van der Waals surface area contributed by atoms with Gasteiger partial charge in [-0.05, 0) is 59.5 Å². The van der Waals surface area contributed by atoms with Gasteiger partial charge in [0.1, 0.15) is 0 Å². The summed E-state index contributed by atoms with van der Waals surface area (Å²) in [5.74, 6) is 0. The van der Waals surface area contributed by atoms with Crippen molar-refractivity contribution < 1.29 is 8.42 Å². The molecule has 1 aliphatic heterocycles. The Kier molecular flexibility index (Phi) is 7.25. The standard InChI is InChI=1S/C23H23Cl2N3O2S/c24-20-5-1-18(2-6-20)23(19-3-7-21(25)8-4-19)27-15-22(16-27)28(31(29)30)14-11-17-9-12-26-13-10-17/h1-10,12-13,22-23,31H,11,14-16H2. The molecule has 0 radical (unpaired) electrons. The first-order valence-corrected chi connectivity index (χ1v) is 11.9. The third-order valence-electron chi connectivity index (χ3n) is 5.64. The van der Waals surface area contributed by atoms with Gasteiger partial charge in [-0.15, -0.1) is 0 Å². The summed E-state index contributed by atoms with van der Waals surface area (Å²) in [6, 6.07) is 19.4. The van der Waals surface area contributed by atoms with Gasteiger partial charge in [-0.25, -0.2) is 8.42 Å². The molecule has 0 bridgehead atoms. The van der Waals surface area contributed by atoms with Gasteiger partial charge in [0.15, 0.2) is 0 Å². The van der Waals surface area contributed by atoms with Crippen molar-refractivity contribution in [2.45, 2.75) is 18.5 Å². The van der Waals surface area contributed by atoms with E-state index >= 15 is 0 Å². The topological polar surface area (TPSA) is 53.5 Å². The van der Waals surface area contributed by atoms with Crippen molar-refractivity contribution in [3.8, 4) is 0 Å². The van der Waals surface area contributed by atoms with Crippen molar-refractivity contribution in [2.75, 3.05) is 19.6 Å². The van der Waals surface area contributed by atoms with Crippen LogP contribution in [0.1, 0.15) is 22.7 Å². The van der Waals surface area contributed by atoms with Crippen LogP contribution in [0.25, 0.3) is 0 Å². The van der Waals surface area contributed by atoms with Gasteiger partial charge in [0.25, 0.3) is 0 Å². The molecule has 2 aromatic carbocycles. The van der Waals surface area contributed by atoms with E-state index in [9.17, 15) is 8.42 Å². The fourth-order valence-electron chi connectivity index (χ4n) is 3.98. The van der Waals surface area contributed by atoms with Crippen LogP contribution in [0.3, 0.4) is 0 Å². The lowest BCUT2D eigenvalue weighted by atomic mass is 9.93. The Bertz CT molecular complexity index is 1020. The summed E-state index contributed by atoms with van der Waals surface area (Å²) >= 11 is 12.2. The highest BCUT2D eigenvalue weighted by molar-refractivity contribution is 7.69. The second-order valence-corrected chi connectivity index (χ2v) is 9.48. The van der Waals surface area contributed by atoms with Crippen LogP contribution in [0.15, 0.2) is 73.1 Å². The second kappa shape index (κ2) is 10.1. The van der Waals surface area contributed by atoms with Gasteiger partial charge in [0, 0.05) is 42.1 Å². The average molecular weight is 476 g/mol. The van der Waals surface area contributed by atoms with Crippen molar-refractivity contribution in [2.24, 2.45) is 0 Å². The summed E-state index contributed by atoms with van der Waals surface area (Å²) in [7, 11) is -2.65. The molecule has 0 atom stereocenters. The van der Waals surface area contributed by atoms with Crippen molar-refractivity contribution in [3.63, 3.8) is 0 Å². The van der Waals surface area contributed by atoms with Gasteiger partial charge in [-0.3, -0.25) is 9.88 Å². The molecule has 3 aromatic rings. The van der Waals surface area contributed by atoms with Crippen LogP contribution in [0, 0.1) is 0 Å². The van der Waals surface area contributed by atoms with Crippen molar-refractivity contribution in [3.05, 3.63) is 99.8 Å². The smallest absolute Gasteiger partial charge is 0.204 e. The number of likely N-dealkylation sites (tertiary alicyclic amines) is 1. The number of nitrogens with zero attached hydrogens (tertiary/aromatic N) is 3. The van der Waals surface area contributed by atoms with E-state index in [-0.39, 0.29) is 12.1 Å². The van der Waals surface area contributed by atoms with Crippen LogP contribution in [-0.2, 0) is 17.3 Å². The molecule has 0 saturated carbocycles. The summed E-state index contributed by atoms with van der Waals surface area (Å²) in [5.41, 5.74) is 3.30. The van der Waals surface area contributed by atoms with Gasteiger partial charge in [0.05, 0.1) is 12.1 Å². The zero-order valence-corrected chi connectivity index (χ0v) is 19.2. The fraction of sp³-hybridized carbons (Fsp3) is 0.261. The SMILES string of the molecule is O=[SH](=O)N(CCc1ccncc1)C1CN(C(c2ccc(Cl)cc2)c2ccc(Cl)cc2)C1. The monoisotopic (exact) mass is 475 g/mol. The van der Waals surface area contributed by atoms with Crippen LogP contribution in [-0.4, -0.2) is 48.3 Å². The molecule has 1 aromatic heterocycles. The minimum Gasteiger partial charge on any atom is -0.289 e. The highest BCUT2D eigenvalue weighted by Crippen LogP contribution is 2.34. The normalized spacial score (nSPS) is 15.0. The lowest BCUT2D eigenvalue weighted by Gasteiger charge is -2.47. The first-order chi connectivity index (χ1) is 15.0. The van der Waals surface area contributed by atoms with Gasteiger partial charge in [-0.2, -0.15) is 4.31 Å². The molecule has 0 spiro atoms. The van der Waals surface area contributed by atoms with Gasteiger partial charge in [-0.1, -0.05) is 47.5 Å². The van der Waals surface area contributed by atoms with Crippen molar-refractivity contribution in [1.82, 2.24) is 14.2 Å². The maximum Gasteiger partial charge on any atom is 0.204 e. The molecule has 0 unspecified atom stereocenters. The number of hydrogen-bond donors (Lipinski definition) is 1. The van der Waals surface area contributed by atoms with E-state index in [4.69, 9.17) is 23.2 Å². The highest BCUT2D eigenvalue weighted by Gasteiger charge is 2.38. The molecule has 0 N–H and O–H groups in total. The lowest BCUT2D eigenvalue weighted by molar-refractivity contribution is 0.0550. The number of rotatable bonds is 8. The molecule has 4 rings (SSSR count). The Hall–Kier alpha value is -1.96. The van der Waals surface area contributed by atoms with Crippen LogP contribution in [0.4, 0.5) is 0 Å². The predicted octanol–water partition coefficient (Wildman–Crippen LogP) is 4.23. The van der Waals surface area contributed by atoms with E-state index in [1.165, 1.54) is 0 Å². The van der Waals surface area contributed by atoms with Gasteiger partial charge < -0.3 is 0 Å².